The van der Waals surface area contributed by atoms with Gasteiger partial charge >= 0.3 is 0 Å². The molecular weight excluding hydrogens is 163 g/mol. The van der Waals surface area contributed by atoms with Gasteiger partial charge in [-0.3, -0.25) is 10.2 Å². The topological polar surface area (TPSA) is 24.1 Å². The first-order chi connectivity index (χ1) is 3.71. The van der Waals surface area contributed by atoms with Crippen LogP contribution in [0.5, 0.6) is 0 Å². The first-order valence-corrected chi connectivity index (χ1v) is 6.21. The molecule has 2 nitrogen and oxygen atoms in total. The molecule has 1 aliphatic heterocycles. The molecule has 1 fully saturated rings. The van der Waals surface area contributed by atoms with E-state index in [9.17, 15) is 0 Å². The highest BCUT2D eigenvalue weighted by atomic mass is 35.7. The lowest BCUT2D eigenvalue weighted by Gasteiger charge is -2.22. The predicted molar refractivity (Wildman–Crippen MR) is 40.8 cm³/mol. The number of halogens is 1. The average Bonchev–Trinajstić information content (AvgIpc) is 1.65. The summed E-state index contributed by atoms with van der Waals surface area (Å²) in [4.78, 5) is 0. The van der Waals surface area contributed by atoms with Crippen molar-refractivity contribution in [2.75, 3.05) is 13.1 Å². The summed E-state index contributed by atoms with van der Waals surface area (Å²) in [6.07, 6.45) is 1.13. The Balaban J connectivity index is 2.45. The normalized spacial score (nSPS) is 27.6. The van der Waals surface area contributed by atoms with Crippen molar-refractivity contribution in [3.8, 4) is 0 Å². The molecule has 48 valence electrons. The zero-order valence-corrected chi connectivity index (χ0v) is 6.82. The summed E-state index contributed by atoms with van der Waals surface area (Å²) >= 11 is 10.7. The van der Waals surface area contributed by atoms with E-state index in [4.69, 9.17) is 23.0 Å². The summed E-state index contributed by atoms with van der Waals surface area (Å²) in [6.45, 7) is 1.93. The minimum Gasteiger partial charge on any atom is -0.265 e. The van der Waals surface area contributed by atoms with E-state index in [2.05, 4.69) is 10.2 Å². The molecule has 0 unspecified atom stereocenters. The van der Waals surface area contributed by atoms with Crippen LogP contribution in [0.25, 0.3) is 0 Å². The Labute approximate surface area is 58.9 Å². The summed E-state index contributed by atoms with van der Waals surface area (Å²) in [5.74, 6) is 0. The first-order valence-electron chi connectivity index (χ1n) is 2.51. The molecule has 0 aromatic rings. The molecule has 0 radical (unpaired) electrons. The fraction of sp³-hybridized carbons (Fsp3) is 1.00. The summed E-state index contributed by atoms with van der Waals surface area (Å²) < 4.78 is 0. The molecule has 1 heterocycles. The Morgan fingerprint density at radius 3 is 2.12 bits per heavy atom. The van der Waals surface area contributed by atoms with E-state index in [1.807, 2.05) is 0 Å². The van der Waals surface area contributed by atoms with Crippen molar-refractivity contribution in [1.29, 1.82) is 0 Å². The summed E-state index contributed by atoms with van der Waals surface area (Å²) in [6, 6.07) is 0. The van der Waals surface area contributed by atoms with E-state index in [0.717, 1.165) is 19.5 Å². The summed E-state index contributed by atoms with van der Waals surface area (Å²) in [5, 5.41) is 6.08. The molecule has 0 aliphatic carbocycles. The van der Waals surface area contributed by atoms with Gasteiger partial charge in [0.15, 0.2) is 5.69 Å². The third kappa shape index (κ3) is 2.00. The predicted octanol–water partition coefficient (Wildman–Crippen LogP) is 1.03. The van der Waals surface area contributed by atoms with Crippen molar-refractivity contribution in [3.05, 3.63) is 0 Å². The quantitative estimate of drug-likeness (QED) is 0.531. The maximum atomic E-state index is 5.78. The maximum absolute atomic E-state index is 5.78. The van der Waals surface area contributed by atoms with E-state index in [1.54, 1.807) is 0 Å². The van der Waals surface area contributed by atoms with Crippen LogP contribution in [0.15, 0.2) is 0 Å². The van der Waals surface area contributed by atoms with E-state index >= 15 is 0 Å². The highest BCUT2D eigenvalue weighted by molar-refractivity contribution is 8.25. The SMILES string of the molecule is S=P1(Cl)NCCCN1. The molecule has 2 N–H and O–H groups in total. The molecule has 1 rings (SSSR count). The highest BCUT2D eigenvalue weighted by Gasteiger charge is 2.13. The number of hydrogen-bond donors (Lipinski definition) is 2. The fourth-order valence-electron chi connectivity index (χ4n) is 0.590. The van der Waals surface area contributed by atoms with Crippen molar-refractivity contribution in [1.82, 2.24) is 10.2 Å². The molecule has 0 bridgehead atoms. The van der Waals surface area contributed by atoms with Gasteiger partial charge in [0.25, 0.3) is 0 Å². The van der Waals surface area contributed by atoms with Crippen LogP contribution in [0.2, 0.25) is 0 Å². The van der Waals surface area contributed by atoms with E-state index in [-0.39, 0.29) is 0 Å². The van der Waals surface area contributed by atoms with Gasteiger partial charge in [-0.05, 0) is 18.2 Å². The van der Waals surface area contributed by atoms with Gasteiger partial charge in [-0.2, -0.15) is 0 Å². The molecule has 0 aromatic heterocycles. The van der Waals surface area contributed by atoms with Gasteiger partial charge in [-0.15, -0.1) is 0 Å². The van der Waals surface area contributed by atoms with E-state index < -0.39 is 5.69 Å². The second kappa shape index (κ2) is 2.63. The molecule has 8 heavy (non-hydrogen) atoms. The zero-order chi connectivity index (χ0) is 6.04. The van der Waals surface area contributed by atoms with Gasteiger partial charge in [0.2, 0.25) is 0 Å². The minimum absolute atomic E-state index is 0.966. The zero-order valence-electron chi connectivity index (χ0n) is 4.35. The van der Waals surface area contributed by atoms with E-state index in [1.165, 1.54) is 0 Å². The first kappa shape index (κ1) is 6.97. The standard InChI is InChI=1S/C3H8ClN2PS/c4-7(8)5-2-1-3-6-7/h1-3H2,(H2,5,6,8). The smallest absolute Gasteiger partial charge is 0.159 e. The lowest BCUT2D eigenvalue weighted by molar-refractivity contribution is 0.727. The van der Waals surface area contributed by atoms with Crippen LogP contribution in [-0.2, 0) is 11.8 Å². The van der Waals surface area contributed by atoms with Crippen molar-refractivity contribution in [3.63, 3.8) is 0 Å². The molecular formula is C3H8ClN2PS. The number of nitrogens with one attached hydrogen (secondary N) is 2. The molecule has 0 aromatic carbocycles. The summed E-state index contributed by atoms with van der Waals surface area (Å²) in [5.41, 5.74) is -1.78. The molecule has 0 amide bonds. The largest absolute Gasteiger partial charge is 0.265 e. The molecule has 0 atom stereocenters. The lowest BCUT2D eigenvalue weighted by Crippen LogP contribution is -2.28. The van der Waals surface area contributed by atoms with Gasteiger partial charge in [0.1, 0.15) is 0 Å². The van der Waals surface area contributed by atoms with Crippen LogP contribution in [0.1, 0.15) is 6.42 Å². The third-order valence-corrected chi connectivity index (χ3v) is 3.74. The van der Waals surface area contributed by atoms with Crippen LogP contribution in [-0.4, -0.2) is 13.1 Å². The van der Waals surface area contributed by atoms with Gasteiger partial charge in [-0.1, -0.05) is 11.2 Å². The Hall–Kier alpha value is 0.860. The molecule has 1 saturated heterocycles. The monoisotopic (exact) mass is 170 g/mol. The lowest BCUT2D eigenvalue weighted by atomic mass is 10.4. The van der Waals surface area contributed by atoms with Crippen LogP contribution in [0.3, 0.4) is 0 Å². The maximum Gasteiger partial charge on any atom is 0.159 e. The minimum atomic E-state index is -1.78. The van der Waals surface area contributed by atoms with Gasteiger partial charge < -0.3 is 0 Å². The summed E-state index contributed by atoms with van der Waals surface area (Å²) in [7, 11) is 0. The van der Waals surface area contributed by atoms with Crippen LogP contribution in [0.4, 0.5) is 0 Å². The van der Waals surface area contributed by atoms with Gasteiger partial charge in [0, 0.05) is 13.1 Å². The van der Waals surface area contributed by atoms with Crippen molar-refractivity contribution >= 4 is 28.7 Å². The number of hydrogen-bond acceptors (Lipinski definition) is 1. The fourth-order valence-corrected chi connectivity index (χ4v) is 2.65. The Morgan fingerprint density at radius 2 is 1.88 bits per heavy atom. The number of rotatable bonds is 0. The Morgan fingerprint density at radius 1 is 1.38 bits per heavy atom. The van der Waals surface area contributed by atoms with E-state index in [0.29, 0.717) is 0 Å². The highest BCUT2D eigenvalue weighted by Crippen LogP contribution is 2.43. The second-order valence-electron chi connectivity index (χ2n) is 1.70. The van der Waals surface area contributed by atoms with Crippen LogP contribution >= 0.6 is 16.9 Å². The molecule has 0 spiro atoms. The van der Waals surface area contributed by atoms with Crippen LogP contribution in [0, 0.1) is 0 Å². The third-order valence-electron chi connectivity index (χ3n) is 0.984. The Bertz CT molecular complexity index is 118. The molecule has 1 aliphatic rings. The van der Waals surface area contributed by atoms with Gasteiger partial charge in [-0.25, -0.2) is 0 Å². The van der Waals surface area contributed by atoms with Gasteiger partial charge in [0.05, 0.1) is 0 Å². The Kier molecular flexibility index (Phi) is 2.29. The van der Waals surface area contributed by atoms with Crippen molar-refractivity contribution in [2.45, 2.75) is 6.42 Å². The average molecular weight is 171 g/mol. The van der Waals surface area contributed by atoms with Crippen molar-refractivity contribution < 1.29 is 0 Å². The second-order valence-corrected chi connectivity index (χ2v) is 7.17. The molecule has 5 heteroatoms. The molecule has 0 saturated carbocycles. The van der Waals surface area contributed by atoms with Crippen LogP contribution < -0.4 is 10.2 Å². The van der Waals surface area contributed by atoms with Crippen molar-refractivity contribution in [2.24, 2.45) is 0 Å².